The van der Waals surface area contributed by atoms with Crippen LogP contribution >= 0.6 is 0 Å². The molecule has 0 aliphatic heterocycles. The van der Waals surface area contributed by atoms with E-state index in [-0.39, 0.29) is 88.8 Å². The van der Waals surface area contributed by atoms with E-state index in [9.17, 15) is 9.90 Å². The summed E-state index contributed by atoms with van der Waals surface area (Å²) in [5.74, 6) is -1.21. The van der Waals surface area contributed by atoms with E-state index in [0.717, 1.165) is 0 Å². The van der Waals surface area contributed by atoms with Crippen molar-refractivity contribution in [3.05, 3.63) is 0 Å². The Kier molecular flexibility index (Phi) is 19.3. The standard InChI is InChI=1S/C4H8O3.K.Na.H/c1-3(5)2-4(6)7;;;/h3,5H,2H2,1H3,(H,6,7);;;/q;2*+1;-1/p-1. The van der Waals surface area contributed by atoms with Gasteiger partial charge in [-0.1, -0.05) is 0 Å². The minimum atomic E-state index is -1.21. The first-order valence-electron chi connectivity index (χ1n) is 2.01. The van der Waals surface area contributed by atoms with E-state index in [1.807, 2.05) is 0 Å². The van der Waals surface area contributed by atoms with Crippen LogP contribution in [0.15, 0.2) is 0 Å². The second-order valence-corrected chi connectivity index (χ2v) is 1.43. The maximum absolute atomic E-state index is 9.54. The van der Waals surface area contributed by atoms with Gasteiger partial charge in [-0.2, -0.15) is 0 Å². The van der Waals surface area contributed by atoms with Gasteiger partial charge in [0.15, 0.2) is 0 Å². The normalized spacial score (nSPS) is 10.4. The summed E-state index contributed by atoms with van der Waals surface area (Å²) in [7, 11) is 0. The second-order valence-electron chi connectivity index (χ2n) is 1.43. The molecule has 1 N–H and O–H groups in total. The third-order valence-corrected chi connectivity index (χ3v) is 0.462. The predicted molar refractivity (Wildman–Crippen MR) is 22.4 cm³/mol. The number of carboxylic acids is 1. The van der Waals surface area contributed by atoms with Gasteiger partial charge in [0, 0.05) is 12.4 Å². The largest absolute Gasteiger partial charge is 1.00 e. The Bertz CT molecular complexity index is 80.9. The van der Waals surface area contributed by atoms with E-state index < -0.39 is 12.1 Å². The summed E-state index contributed by atoms with van der Waals surface area (Å²) in [6.07, 6.45) is -1.06. The summed E-state index contributed by atoms with van der Waals surface area (Å²) in [6, 6.07) is 0. The molecular weight excluding hydrogens is 158 g/mol. The maximum Gasteiger partial charge on any atom is 1.00 e. The smallest absolute Gasteiger partial charge is 1.00 e. The van der Waals surface area contributed by atoms with Crippen molar-refractivity contribution in [3.63, 3.8) is 0 Å². The van der Waals surface area contributed by atoms with Gasteiger partial charge >= 0.3 is 80.9 Å². The fourth-order valence-electron chi connectivity index (χ4n) is 0.241. The van der Waals surface area contributed by atoms with Crippen LogP contribution in [0.4, 0.5) is 0 Å². The van der Waals surface area contributed by atoms with Gasteiger partial charge in [-0.25, -0.2) is 0 Å². The fraction of sp³-hybridized carbons (Fsp3) is 0.750. The summed E-state index contributed by atoms with van der Waals surface area (Å²) < 4.78 is 0. The molecule has 0 spiro atoms. The molecule has 9 heavy (non-hydrogen) atoms. The zero-order valence-electron chi connectivity index (χ0n) is 7.05. The van der Waals surface area contributed by atoms with Crippen molar-refractivity contribution < 1.29 is 97.4 Å². The molecule has 0 amide bonds. The quantitative estimate of drug-likeness (QED) is 0.415. The van der Waals surface area contributed by atoms with Crippen LogP contribution in [0, 0.1) is 0 Å². The number of aliphatic carboxylic acids is 1. The van der Waals surface area contributed by atoms with Gasteiger partial charge in [-0.05, 0) is 6.92 Å². The average molecular weight is 166 g/mol. The van der Waals surface area contributed by atoms with Crippen molar-refractivity contribution in [2.24, 2.45) is 0 Å². The number of aliphatic hydroxyl groups is 1. The molecule has 5 heteroatoms. The van der Waals surface area contributed by atoms with Crippen molar-refractivity contribution in [1.29, 1.82) is 0 Å². The molecule has 0 saturated heterocycles. The van der Waals surface area contributed by atoms with Crippen molar-refractivity contribution in [3.8, 4) is 0 Å². The Labute approximate surface area is 120 Å². The van der Waals surface area contributed by atoms with Crippen LogP contribution in [0.25, 0.3) is 0 Å². The molecule has 0 fully saturated rings. The molecule has 1 unspecified atom stereocenters. The van der Waals surface area contributed by atoms with E-state index in [1.54, 1.807) is 0 Å². The predicted octanol–water partition coefficient (Wildman–Crippen LogP) is -7.37. The van der Waals surface area contributed by atoms with Crippen molar-refractivity contribution in [2.75, 3.05) is 0 Å². The van der Waals surface area contributed by atoms with Gasteiger partial charge in [0.1, 0.15) is 0 Å². The number of hydrogen-bond acceptors (Lipinski definition) is 3. The van der Waals surface area contributed by atoms with Crippen LogP contribution in [0.5, 0.6) is 0 Å². The first kappa shape index (κ1) is 17.2. The molecule has 0 aromatic carbocycles. The summed E-state index contributed by atoms with van der Waals surface area (Å²) in [4.78, 5) is 9.54. The topological polar surface area (TPSA) is 60.4 Å². The van der Waals surface area contributed by atoms with Gasteiger partial charge in [0.25, 0.3) is 0 Å². The average Bonchev–Trinajstić information content (AvgIpc) is 1.27. The molecule has 0 aromatic heterocycles. The molecule has 0 bridgehead atoms. The van der Waals surface area contributed by atoms with Crippen molar-refractivity contribution >= 4 is 5.97 Å². The zero-order chi connectivity index (χ0) is 5.86. The molecule has 0 saturated carbocycles. The van der Waals surface area contributed by atoms with E-state index >= 15 is 0 Å². The van der Waals surface area contributed by atoms with Gasteiger partial charge < -0.3 is 16.4 Å². The van der Waals surface area contributed by atoms with E-state index in [1.165, 1.54) is 6.92 Å². The van der Waals surface area contributed by atoms with Crippen LogP contribution < -0.4 is 86.0 Å². The summed E-state index contributed by atoms with van der Waals surface area (Å²) in [5.41, 5.74) is 0. The maximum atomic E-state index is 9.54. The van der Waals surface area contributed by atoms with Gasteiger partial charge in [-0.3, -0.25) is 0 Å². The number of rotatable bonds is 2. The molecule has 1 atom stereocenters. The third kappa shape index (κ3) is 17.8. The van der Waals surface area contributed by atoms with E-state index in [0.29, 0.717) is 0 Å². The second kappa shape index (κ2) is 10.1. The molecule has 0 radical (unpaired) electrons. The zero-order valence-corrected chi connectivity index (χ0v) is 11.2. The number of carbonyl (C=O) groups excluding carboxylic acids is 1. The van der Waals surface area contributed by atoms with Gasteiger partial charge in [-0.15, -0.1) is 0 Å². The van der Waals surface area contributed by atoms with Crippen LogP contribution in [0.1, 0.15) is 14.8 Å². The van der Waals surface area contributed by atoms with Crippen LogP contribution in [-0.4, -0.2) is 17.2 Å². The molecule has 0 aliphatic rings. The monoisotopic (exact) mass is 166 g/mol. The number of carbonyl (C=O) groups is 1. The molecule has 0 heterocycles. The molecular formula is C4H8KNaO3. The first-order chi connectivity index (χ1) is 3.13. The van der Waals surface area contributed by atoms with Crippen molar-refractivity contribution in [2.45, 2.75) is 19.4 Å². The number of hydrogen-bond donors (Lipinski definition) is 1. The Balaban J connectivity index is -0.0000000600. The van der Waals surface area contributed by atoms with E-state index in [2.05, 4.69) is 0 Å². The Morgan fingerprint density at radius 3 is 2.22 bits per heavy atom. The summed E-state index contributed by atoms with van der Waals surface area (Å²) >= 11 is 0. The minimum absolute atomic E-state index is 0. The first-order valence-corrected chi connectivity index (χ1v) is 2.01. The van der Waals surface area contributed by atoms with Crippen molar-refractivity contribution in [1.82, 2.24) is 0 Å². The summed E-state index contributed by atoms with van der Waals surface area (Å²) in [6.45, 7) is 1.40. The van der Waals surface area contributed by atoms with E-state index in [4.69, 9.17) is 5.11 Å². The van der Waals surface area contributed by atoms with Crippen LogP contribution in [-0.2, 0) is 4.79 Å². The Morgan fingerprint density at radius 2 is 2.22 bits per heavy atom. The Morgan fingerprint density at radius 1 is 1.89 bits per heavy atom. The molecule has 0 aromatic rings. The van der Waals surface area contributed by atoms with Gasteiger partial charge in [0.2, 0.25) is 0 Å². The Hall–Kier alpha value is 2.07. The molecule has 0 rings (SSSR count). The molecule has 3 nitrogen and oxygen atoms in total. The van der Waals surface area contributed by atoms with Crippen LogP contribution in [0.2, 0.25) is 0 Å². The number of aliphatic hydroxyl groups excluding tert-OH is 1. The minimum Gasteiger partial charge on any atom is -1.00 e. The van der Waals surface area contributed by atoms with Crippen LogP contribution in [0.3, 0.4) is 0 Å². The number of carboxylic acid groups (broad SMARTS) is 1. The molecule has 0 aliphatic carbocycles. The summed E-state index contributed by atoms with van der Waals surface area (Å²) in [5, 5.41) is 17.8. The van der Waals surface area contributed by atoms with Gasteiger partial charge in [0.05, 0.1) is 6.10 Å². The third-order valence-electron chi connectivity index (χ3n) is 0.462. The fourth-order valence-corrected chi connectivity index (χ4v) is 0.241. The molecule has 44 valence electrons. The SMILES string of the molecule is CC(O)CC(=O)[O-].[H-].[K+].[Na+].